The Morgan fingerprint density at radius 1 is 1.26 bits per heavy atom. The van der Waals surface area contributed by atoms with Gasteiger partial charge in [0.2, 0.25) is 0 Å². The van der Waals surface area contributed by atoms with E-state index in [1.54, 1.807) is 42.0 Å². The smallest absolute Gasteiger partial charge is 0.262 e. The van der Waals surface area contributed by atoms with Crippen molar-refractivity contribution in [3.05, 3.63) is 62.9 Å². The van der Waals surface area contributed by atoms with Gasteiger partial charge in [-0.1, -0.05) is 46.7 Å². The van der Waals surface area contributed by atoms with E-state index in [1.165, 1.54) is 11.8 Å². The third-order valence-corrected chi connectivity index (χ3v) is 5.52. The number of hydrogen-bond donors (Lipinski definition) is 0. The van der Waals surface area contributed by atoms with Gasteiger partial charge in [0.1, 0.15) is 5.75 Å². The maximum Gasteiger partial charge on any atom is 0.262 e. The predicted molar refractivity (Wildman–Crippen MR) is 112 cm³/mol. The van der Waals surface area contributed by atoms with E-state index in [4.69, 9.17) is 4.74 Å². The number of hydrogen-bond acceptors (Lipinski definition) is 5. The van der Waals surface area contributed by atoms with Crippen molar-refractivity contribution in [2.45, 2.75) is 25.0 Å². The number of Topliss-reactive ketones (excluding diaryl/α,β-unsaturated/α-hetero) is 1. The van der Waals surface area contributed by atoms with Crippen LogP contribution in [0.3, 0.4) is 0 Å². The molecule has 0 aliphatic carbocycles. The second-order valence-electron chi connectivity index (χ2n) is 5.96. The first kappa shape index (κ1) is 19.6. The average molecular weight is 447 g/mol. The first-order chi connectivity index (χ1) is 13.0. The van der Waals surface area contributed by atoms with Crippen molar-refractivity contribution in [3.8, 4) is 5.75 Å². The summed E-state index contributed by atoms with van der Waals surface area (Å²) in [6, 6.07) is 12.5. The average Bonchev–Trinajstić information content (AvgIpc) is 2.69. The Balaban J connectivity index is 1.91. The molecule has 0 N–H and O–H groups in total. The van der Waals surface area contributed by atoms with Crippen molar-refractivity contribution in [2.24, 2.45) is 0 Å². The minimum absolute atomic E-state index is 0.0351. The summed E-state index contributed by atoms with van der Waals surface area (Å²) in [6.07, 6.45) is 0.804. The van der Waals surface area contributed by atoms with Gasteiger partial charge in [0.25, 0.3) is 5.56 Å². The fraction of sp³-hybridized carbons (Fsp3) is 0.250. The highest BCUT2D eigenvalue weighted by Crippen LogP contribution is 2.22. The van der Waals surface area contributed by atoms with Crippen LogP contribution in [-0.2, 0) is 6.54 Å². The van der Waals surface area contributed by atoms with Gasteiger partial charge in [-0.15, -0.1) is 0 Å². The van der Waals surface area contributed by atoms with Crippen molar-refractivity contribution in [3.63, 3.8) is 0 Å². The number of thioether (sulfide) groups is 1. The number of rotatable bonds is 7. The molecule has 0 fully saturated rings. The first-order valence-electron chi connectivity index (χ1n) is 8.53. The number of aromatic nitrogens is 2. The molecule has 0 spiro atoms. The molecule has 7 heteroatoms. The SMILES string of the molecule is CCCn1c(SCC(=O)c2cccc(OC)c2)nc2ccc(Br)cc2c1=O. The van der Waals surface area contributed by atoms with Crippen LogP contribution in [0.4, 0.5) is 0 Å². The summed E-state index contributed by atoms with van der Waals surface area (Å²) in [7, 11) is 1.57. The second-order valence-corrected chi connectivity index (χ2v) is 7.81. The number of halogens is 1. The maximum atomic E-state index is 12.9. The molecule has 0 unspecified atom stereocenters. The van der Waals surface area contributed by atoms with Crippen molar-refractivity contribution in [2.75, 3.05) is 12.9 Å². The Morgan fingerprint density at radius 2 is 2.07 bits per heavy atom. The number of carbonyl (C=O) groups is 1. The fourth-order valence-electron chi connectivity index (χ4n) is 2.71. The van der Waals surface area contributed by atoms with E-state index in [-0.39, 0.29) is 17.1 Å². The molecule has 0 saturated carbocycles. The molecule has 0 amide bonds. The van der Waals surface area contributed by atoms with Gasteiger partial charge in [-0.3, -0.25) is 14.2 Å². The molecule has 0 aliphatic rings. The van der Waals surface area contributed by atoms with Crippen LogP contribution in [0.15, 0.2) is 56.9 Å². The molecule has 0 radical (unpaired) electrons. The Bertz CT molecular complexity index is 1050. The molecule has 2 aromatic carbocycles. The van der Waals surface area contributed by atoms with E-state index in [0.29, 0.717) is 33.9 Å². The van der Waals surface area contributed by atoms with Gasteiger partial charge in [0, 0.05) is 16.6 Å². The summed E-state index contributed by atoms with van der Waals surface area (Å²) in [5, 5.41) is 1.13. The number of methoxy groups -OCH3 is 1. The molecule has 1 aromatic heterocycles. The van der Waals surface area contributed by atoms with E-state index >= 15 is 0 Å². The summed E-state index contributed by atoms with van der Waals surface area (Å²) in [5.41, 5.74) is 1.13. The van der Waals surface area contributed by atoms with Crippen molar-refractivity contribution in [1.82, 2.24) is 9.55 Å². The van der Waals surface area contributed by atoms with E-state index in [1.807, 2.05) is 19.1 Å². The standard InChI is InChI=1S/C20H19BrN2O3S/c1-3-9-23-19(25)16-11-14(21)7-8-17(16)22-20(23)27-12-18(24)13-5-4-6-15(10-13)26-2/h4-8,10-11H,3,9,12H2,1-2H3. The van der Waals surface area contributed by atoms with Crippen LogP contribution in [0.2, 0.25) is 0 Å². The summed E-state index contributed by atoms with van der Waals surface area (Å²) >= 11 is 4.69. The molecule has 0 saturated heterocycles. The van der Waals surface area contributed by atoms with Crippen LogP contribution in [0.25, 0.3) is 10.9 Å². The Morgan fingerprint density at radius 3 is 2.81 bits per heavy atom. The second kappa shape index (κ2) is 8.71. The Hall–Kier alpha value is -2.12. The molecular formula is C20H19BrN2O3S. The number of fused-ring (bicyclic) bond motifs is 1. The predicted octanol–water partition coefficient (Wildman–Crippen LogP) is 4.55. The van der Waals surface area contributed by atoms with E-state index in [0.717, 1.165) is 10.9 Å². The van der Waals surface area contributed by atoms with Gasteiger partial charge in [-0.25, -0.2) is 4.98 Å². The maximum absolute atomic E-state index is 12.9. The van der Waals surface area contributed by atoms with Gasteiger partial charge in [-0.05, 0) is 36.8 Å². The van der Waals surface area contributed by atoms with E-state index in [2.05, 4.69) is 20.9 Å². The van der Waals surface area contributed by atoms with Gasteiger partial charge in [-0.2, -0.15) is 0 Å². The fourth-order valence-corrected chi connectivity index (χ4v) is 3.99. The molecule has 1 heterocycles. The van der Waals surface area contributed by atoms with Crippen LogP contribution in [-0.4, -0.2) is 28.2 Å². The summed E-state index contributed by atoms with van der Waals surface area (Å²) in [5.74, 6) is 0.806. The van der Waals surface area contributed by atoms with E-state index in [9.17, 15) is 9.59 Å². The number of carbonyl (C=O) groups excluding carboxylic acids is 1. The van der Waals surface area contributed by atoms with Crippen LogP contribution >= 0.6 is 27.7 Å². The quantitative estimate of drug-likeness (QED) is 0.302. The summed E-state index contributed by atoms with van der Waals surface area (Å²) in [6.45, 7) is 2.57. The lowest BCUT2D eigenvalue weighted by atomic mass is 10.1. The first-order valence-corrected chi connectivity index (χ1v) is 10.3. The topological polar surface area (TPSA) is 61.2 Å². The minimum Gasteiger partial charge on any atom is -0.497 e. The molecule has 27 heavy (non-hydrogen) atoms. The van der Waals surface area contributed by atoms with Crippen LogP contribution in [0.5, 0.6) is 5.75 Å². The lowest BCUT2D eigenvalue weighted by Gasteiger charge is -2.12. The van der Waals surface area contributed by atoms with Gasteiger partial charge >= 0.3 is 0 Å². The third kappa shape index (κ3) is 4.42. The highest BCUT2D eigenvalue weighted by atomic mass is 79.9. The number of ether oxygens (including phenoxy) is 1. The zero-order valence-electron chi connectivity index (χ0n) is 15.1. The zero-order chi connectivity index (χ0) is 19.4. The highest BCUT2D eigenvalue weighted by Gasteiger charge is 2.14. The Labute approximate surface area is 169 Å². The number of benzene rings is 2. The molecule has 3 aromatic rings. The number of ketones is 1. The van der Waals surface area contributed by atoms with E-state index < -0.39 is 0 Å². The lowest BCUT2D eigenvalue weighted by Crippen LogP contribution is -2.23. The molecule has 3 rings (SSSR count). The molecule has 0 aliphatic heterocycles. The Kier molecular flexibility index (Phi) is 6.34. The monoisotopic (exact) mass is 446 g/mol. The highest BCUT2D eigenvalue weighted by molar-refractivity contribution is 9.10. The van der Waals surface area contributed by atoms with Crippen molar-refractivity contribution >= 4 is 44.4 Å². The van der Waals surface area contributed by atoms with Gasteiger partial charge in [0.15, 0.2) is 10.9 Å². The third-order valence-electron chi connectivity index (χ3n) is 4.05. The number of nitrogens with zero attached hydrogens (tertiary/aromatic N) is 2. The van der Waals surface area contributed by atoms with Crippen LogP contribution < -0.4 is 10.3 Å². The van der Waals surface area contributed by atoms with Gasteiger partial charge < -0.3 is 4.74 Å². The molecule has 0 atom stereocenters. The normalized spacial score (nSPS) is 10.9. The molecule has 140 valence electrons. The van der Waals surface area contributed by atoms with Crippen molar-refractivity contribution in [1.29, 1.82) is 0 Å². The van der Waals surface area contributed by atoms with Crippen molar-refractivity contribution < 1.29 is 9.53 Å². The molecule has 5 nitrogen and oxygen atoms in total. The van der Waals surface area contributed by atoms with Gasteiger partial charge in [0.05, 0.1) is 23.8 Å². The van der Waals surface area contributed by atoms with Crippen LogP contribution in [0, 0.1) is 0 Å². The summed E-state index contributed by atoms with van der Waals surface area (Å²) < 4.78 is 7.66. The van der Waals surface area contributed by atoms with Crippen LogP contribution in [0.1, 0.15) is 23.7 Å². The lowest BCUT2D eigenvalue weighted by molar-refractivity contribution is 0.102. The minimum atomic E-state index is -0.0838. The zero-order valence-corrected chi connectivity index (χ0v) is 17.5. The molecular weight excluding hydrogens is 428 g/mol. The largest absolute Gasteiger partial charge is 0.497 e. The molecule has 0 bridgehead atoms. The summed E-state index contributed by atoms with van der Waals surface area (Å²) in [4.78, 5) is 30.1.